The minimum atomic E-state index is -0.853. The van der Waals surface area contributed by atoms with E-state index in [9.17, 15) is 9.90 Å². The molecule has 1 aliphatic heterocycles. The fourth-order valence-corrected chi connectivity index (χ4v) is 4.30. The number of allylic oxidation sites excluding steroid dienone is 2. The number of carbonyl (C=O) groups excluding carboxylic acids is 1. The molecule has 0 aromatic heterocycles. The zero-order chi connectivity index (χ0) is 18.6. The fraction of sp³-hybridized carbons (Fsp3) is 0.571. The van der Waals surface area contributed by atoms with Gasteiger partial charge in [0.2, 0.25) is 0 Å². The number of phenols is 1. The summed E-state index contributed by atoms with van der Waals surface area (Å²) >= 11 is 0. The highest BCUT2D eigenvalue weighted by Crippen LogP contribution is 2.54. The molecule has 4 heteroatoms. The number of hydrogen-bond donors (Lipinski definition) is 1. The van der Waals surface area contributed by atoms with Crippen LogP contribution >= 0.6 is 0 Å². The Hall–Kier alpha value is -1.97. The largest absolute Gasteiger partial charge is 0.508 e. The molecule has 0 saturated carbocycles. The summed E-state index contributed by atoms with van der Waals surface area (Å²) in [5.74, 6) is 1.13. The molecule has 136 valence electrons. The average molecular weight is 344 g/mol. The normalized spacial score (nSPS) is 24.5. The first-order valence-corrected chi connectivity index (χ1v) is 8.88. The van der Waals surface area contributed by atoms with E-state index >= 15 is 0 Å². The molecule has 3 rings (SSSR count). The van der Waals surface area contributed by atoms with E-state index < -0.39 is 5.41 Å². The lowest BCUT2D eigenvalue weighted by Gasteiger charge is -2.47. The van der Waals surface area contributed by atoms with Gasteiger partial charge in [0.05, 0.1) is 12.5 Å². The Kier molecular flexibility index (Phi) is 4.13. The Bertz CT molecular complexity index is 743. The molecule has 0 radical (unpaired) electrons. The zero-order valence-electron chi connectivity index (χ0n) is 16.0. The van der Waals surface area contributed by atoms with Gasteiger partial charge < -0.3 is 14.6 Å². The molecule has 1 aromatic rings. The number of fused-ring (bicyclic) bond motifs is 3. The summed E-state index contributed by atoms with van der Waals surface area (Å²) in [6.45, 7) is 9.95. The van der Waals surface area contributed by atoms with Gasteiger partial charge in [-0.3, -0.25) is 4.79 Å². The van der Waals surface area contributed by atoms with E-state index in [2.05, 4.69) is 26.8 Å². The molecule has 1 heterocycles. The first-order chi connectivity index (χ1) is 11.6. The number of aromatic hydroxyl groups is 1. The minimum absolute atomic E-state index is 0.213. The third-order valence-electron chi connectivity index (χ3n) is 5.92. The van der Waals surface area contributed by atoms with Gasteiger partial charge >= 0.3 is 5.97 Å². The molecule has 4 nitrogen and oxygen atoms in total. The Balaban J connectivity index is 2.13. The van der Waals surface area contributed by atoms with Crippen LogP contribution < -0.4 is 4.74 Å². The maximum Gasteiger partial charge on any atom is 0.315 e. The molecule has 2 aliphatic rings. The number of methoxy groups -OCH3 is 1. The van der Waals surface area contributed by atoms with Crippen LogP contribution in [0.5, 0.6) is 11.5 Å². The number of carbonyl (C=O) groups is 1. The molecular weight excluding hydrogens is 316 g/mol. The lowest BCUT2D eigenvalue weighted by molar-refractivity contribution is -0.146. The number of benzene rings is 1. The van der Waals surface area contributed by atoms with E-state index in [0.717, 1.165) is 18.4 Å². The summed E-state index contributed by atoms with van der Waals surface area (Å²) in [6.07, 6.45) is 4.17. The zero-order valence-corrected chi connectivity index (χ0v) is 16.0. The van der Waals surface area contributed by atoms with Crippen molar-refractivity contribution in [3.63, 3.8) is 0 Å². The minimum Gasteiger partial charge on any atom is -0.508 e. The Morgan fingerprint density at radius 3 is 2.68 bits per heavy atom. The lowest BCUT2D eigenvalue weighted by atomic mass is 9.67. The predicted octanol–water partition coefficient (Wildman–Crippen LogP) is 4.45. The Morgan fingerprint density at radius 1 is 1.36 bits per heavy atom. The van der Waals surface area contributed by atoms with Gasteiger partial charge in [-0.2, -0.15) is 0 Å². The van der Waals surface area contributed by atoms with Crippen LogP contribution in [-0.2, 0) is 14.9 Å². The van der Waals surface area contributed by atoms with Crippen LogP contribution in [0.4, 0.5) is 0 Å². The van der Waals surface area contributed by atoms with Gasteiger partial charge in [0, 0.05) is 17.4 Å². The van der Waals surface area contributed by atoms with Crippen molar-refractivity contribution in [2.75, 3.05) is 7.11 Å². The van der Waals surface area contributed by atoms with Crippen LogP contribution in [0.15, 0.2) is 23.8 Å². The van der Waals surface area contributed by atoms with E-state index in [1.165, 1.54) is 12.7 Å². The van der Waals surface area contributed by atoms with Crippen LogP contribution in [0.1, 0.15) is 64.5 Å². The van der Waals surface area contributed by atoms with Gasteiger partial charge in [0.25, 0.3) is 0 Å². The van der Waals surface area contributed by atoms with Gasteiger partial charge in [0.15, 0.2) is 0 Å². The Morgan fingerprint density at radius 2 is 2.04 bits per heavy atom. The molecule has 25 heavy (non-hydrogen) atoms. The first-order valence-electron chi connectivity index (χ1n) is 8.88. The van der Waals surface area contributed by atoms with Crippen molar-refractivity contribution in [3.8, 4) is 11.5 Å². The third-order valence-corrected chi connectivity index (χ3v) is 5.92. The van der Waals surface area contributed by atoms with Crippen molar-refractivity contribution in [2.45, 2.75) is 64.4 Å². The molecule has 0 saturated heterocycles. The van der Waals surface area contributed by atoms with Crippen molar-refractivity contribution >= 4 is 5.97 Å². The summed E-state index contributed by atoms with van der Waals surface area (Å²) in [4.78, 5) is 12.2. The molecule has 1 aromatic carbocycles. The smallest absolute Gasteiger partial charge is 0.315 e. The van der Waals surface area contributed by atoms with Crippen molar-refractivity contribution in [1.29, 1.82) is 0 Å². The lowest BCUT2D eigenvalue weighted by Crippen LogP contribution is -2.45. The van der Waals surface area contributed by atoms with E-state index in [1.54, 1.807) is 19.9 Å². The second-order valence-corrected chi connectivity index (χ2v) is 8.43. The molecule has 1 N–H and O–H groups in total. The highest BCUT2D eigenvalue weighted by Gasteiger charge is 2.46. The maximum absolute atomic E-state index is 12.2. The van der Waals surface area contributed by atoms with Crippen LogP contribution in [0.25, 0.3) is 0 Å². The quantitative estimate of drug-likeness (QED) is 0.636. The number of ether oxygens (including phenoxy) is 2. The van der Waals surface area contributed by atoms with Gasteiger partial charge in [-0.15, -0.1) is 0 Å². The molecule has 0 fully saturated rings. The first kappa shape index (κ1) is 17.8. The van der Waals surface area contributed by atoms with E-state index in [1.807, 2.05) is 6.07 Å². The van der Waals surface area contributed by atoms with E-state index in [-0.39, 0.29) is 23.2 Å². The summed E-state index contributed by atoms with van der Waals surface area (Å²) in [6, 6.07) is 3.60. The van der Waals surface area contributed by atoms with E-state index in [4.69, 9.17) is 9.47 Å². The molecule has 1 aliphatic carbocycles. The molecular formula is C21H28O4. The second-order valence-electron chi connectivity index (χ2n) is 8.43. The number of phenolic OH excluding ortho intramolecular Hbond substituents is 1. The highest BCUT2D eigenvalue weighted by molar-refractivity contribution is 5.82. The monoisotopic (exact) mass is 344 g/mol. The number of rotatable bonds is 2. The Labute approximate surface area is 149 Å². The van der Waals surface area contributed by atoms with Crippen LogP contribution in [-0.4, -0.2) is 23.8 Å². The topological polar surface area (TPSA) is 55.8 Å². The maximum atomic E-state index is 12.2. The van der Waals surface area contributed by atoms with E-state index in [0.29, 0.717) is 17.2 Å². The van der Waals surface area contributed by atoms with Crippen molar-refractivity contribution in [1.82, 2.24) is 0 Å². The van der Waals surface area contributed by atoms with Crippen molar-refractivity contribution in [2.24, 2.45) is 5.92 Å². The molecule has 0 amide bonds. The van der Waals surface area contributed by atoms with Gasteiger partial charge in [-0.05, 0) is 65.2 Å². The number of hydrogen-bond acceptors (Lipinski definition) is 4. The predicted molar refractivity (Wildman–Crippen MR) is 97.1 cm³/mol. The van der Waals surface area contributed by atoms with Crippen molar-refractivity contribution in [3.05, 3.63) is 34.9 Å². The number of esters is 1. The van der Waals surface area contributed by atoms with Crippen LogP contribution in [0.3, 0.4) is 0 Å². The fourth-order valence-electron chi connectivity index (χ4n) is 4.30. The average Bonchev–Trinajstić information content (AvgIpc) is 2.52. The molecule has 0 spiro atoms. The third kappa shape index (κ3) is 2.82. The summed E-state index contributed by atoms with van der Waals surface area (Å²) in [5, 5.41) is 10.8. The summed E-state index contributed by atoms with van der Waals surface area (Å²) in [7, 11) is 1.38. The second kappa shape index (κ2) is 5.79. The highest BCUT2D eigenvalue weighted by atomic mass is 16.5. The van der Waals surface area contributed by atoms with Gasteiger partial charge in [-0.1, -0.05) is 11.6 Å². The molecule has 2 atom stereocenters. The molecule has 0 bridgehead atoms. The van der Waals surface area contributed by atoms with Crippen LogP contribution in [0, 0.1) is 5.92 Å². The van der Waals surface area contributed by atoms with Crippen LogP contribution in [0.2, 0.25) is 0 Å². The summed E-state index contributed by atoms with van der Waals surface area (Å²) < 4.78 is 11.2. The molecule has 1 unspecified atom stereocenters. The SMILES string of the molecule is COC(=O)C(C)(C)c1cc(O)c2c(c1)OC(C)(C)C1CC=C(C)C[C@@H]21. The standard InChI is InChI=1S/C21H28O4/c1-12-7-8-15-14(9-12)18-16(22)10-13(20(2,3)19(23)24-6)11-17(18)25-21(15,4)5/h7,10-11,14-15,22H,8-9H2,1-6H3/t14-,15?/m1/s1. The summed E-state index contributed by atoms with van der Waals surface area (Å²) in [5.41, 5.74) is 1.75. The van der Waals surface area contributed by atoms with Crippen molar-refractivity contribution < 1.29 is 19.4 Å². The van der Waals surface area contributed by atoms with Gasteiger partial charge in [0.1, 0.15) is 17.1 Å². The van der Waals surface area contributed by atoms with Gasteiger partial charge in [-0.25, -0.2) is 0 Å².